The largest absolute Gasteiger partial charge is 0.256 e. The number of hydrogen-bond acceptors (Lipinski definition) is 2. The molecule has 0 N–H and O–H groups in total. The minimum absolute atomic E-state index is 0.990. The lowest BCUT2D eigenvalue weighted by molar-refractivity contribution is 1.33. The van der Waals surface area contributed by atoms with Crippen LogP contribution in [0.2, 0.25) is 0 Å². The standard InChI is InChI=1S/C32H24N2/c1-3-22-33-31(8-1)29-18-14-25(15-19-29)10-12-27-6-5-7-28(24-27)13-11-26-16-20-30(21-17-26)32-9-2-4-23-34-32/h1-24H/b12-10-,13-11?. The van der Waals surface area contributed by atoms with Crippen LogP contribution in [0.3, 0.4) is 0 Å². The zero-order valence-electron chi connectivity index (χ0n) is 18.8. The van der Waals surface area contributed by atoms with E-state index in [1.807, 2.05) is 48.8 Å². The molecule has 0 bridgehead atoms. The van der Waals surface area contributed by atoms with Crippen LogP contribution in [0.15, 0.2) is 122 Å². The number of pyridine rings is 2. The van der Waals surface area contributed by atoms with Crippen LogP contribution in [0.1, 0.15) is 22.3 Å². The summed E-state index contributed by atoms with van der Waals surface area (Å²) in [4.78, 5) is 8.82. The molecule has 0 saturated heterocycles. The Bertz CT molecular complexity index is 1290. The Balaban J connectivity index is 1.25. The first kappa shape index (κ1) is 21.3. The lowest BCUT2D eigenvalue weighted by atomic mass is 10.0. The molecule has 2 nitrogen and oxygen atoms in total. The number of rotatable bonds is 6. The number of nitrogens with zero attached hydrogens (tertiary/aromatic N) is 2. The molecular weight excluding hydrogens is 412 g/mol. The third kappa shape index (κ3) is 5.43. The molecule has 0 spiro atoms. The van der Waals surface area contributed by atoms with Crippen molar-refractivity contribution in [1.29, 1.82) is 0 Å². The van der Waals surface area contributed by atoms with Crippen molar-refractivity contribution in [3.8, 4) is 22.5 Å². The van der Waals surface area contributed by atoms with E-state index in [0.29, 0.717) is 0 Å². The zero-order chi connectivity index (χ0) is 23.0. The van der Waals surface area contributed by atoms with E-state index >= 15 is 0 Å². The van der Waals surface area contributed by atoms with Gasteiger partial charge in [-0.15, -0.1) is 0 Å². The molecule has 0 atom stereocenters. The predicted octanol–water partition coefficient (Wildman–Crippen LogP) is 8.15. The fourth-order valence-electron chi connectivity index (χ4n) is 3.75. The third-order valence-corrected chi connectivity index (χ3v) is 5.59. The normalized spacial score (nSPS) is 11.3. The summed E-state index contributed by atoms with van der Waals surface area (Å²) in [6.07, 6.45) is 12.2. The van der Waals surface area contributed by atoms with Gasteiger partial charge in [0.05, 0.1) is 11.4 Å². The molecule has 0 saturated carbocycles. The van der Waals surface area contributed by atoms with Crippen molar-refractivity contribution < 1.29 is 0 Å². The summed E-state index contributed by atoms with van der Waals surface area (Å²) >= 11 is 0. The SMILES string of the molecule is C(=Cc1cccc(/C=C\c2ccc(-c3ccccn3)cc2)c1)c1ccc(-c2ccccn2)cc1. The summed E-state index contributed by atoms with van der Waals surface area (Å²) in [5.74, 6) is 0. The Morgan fingerprint density at radius 1 is 0.382 bits per heavy atom. The smallest absolute Gasteiger partial charge is 0.0701 e. The molecule has 34 heavy (non-hydrogen) atoms. The first-order valence-electron chi connectivity index (χ1n) is 11.3. The molecule has 0 unspecified atom stereocenters. The van der Waals surface area contributed by atoms with Crippen molar-refractivity contribution in [2.24, 2.45) is 0 Å². The molecule has 0 aliphatic rings. The molecule has 5 rings (SSSR count). The van der Waals surface area contributed by atoms with Gasteiger partial charge < -0.3 is 0 Å². The Kier molecular flexibility index (Phi) is 6.50. The van der Waals surface area contributed by atoms with Crippen molar-refractivity contribution in [2.75, 3.05) is 0 Å². The lowest BCUT2D eigenvalue weighted by Gasteiger charge is -2.02. The molecule has 5 aromatic rings. The summed E-state index contributed by atoms with van der Waals surface area (Å²) in [6, 6.07) is 37.4. The van der Waals surface area contributed by atoms with Crippen molar-refractivity contribution in [1.82, 2.24) is 9.97 Å². The minimum Gasteiger partial charge on any atom is -0.256 e. The number of aromatic nitrogens is 2. The van der Waals surface area contributed by atoms with E-state index < -0.39 is 0 Å². The Morgan fingerprint density at radius 3 is 1.24 bits per heavy atom. The molecule has 0 radical (unpaired) electrons. The fourth-order valence-corrected chi connectivity index (χ4v) is 3.75. The van der Waals surface area contributed by atoms with Gasteiger partial charge in [0.25, 0.3) is 0 Å². The maximum atomic E-state index is 4.41. The summed E-state index contributed by atoms with van der Waals surface area (Å²) in [6.45, 7) is 0. The Labute approximate surface area is 200 Å². The molecule has 2 heteroatoms. The second-order valence-corrected chi connectivity index (χ2v) is 8.01. The number of benzene rings is 3. The van der Waals surface area contributed by atoms with Gasteiger partial charge >= 0.3 is 0 Å². The average Bonchev–Trinajstić information content (AvgIpc) is 2.93. The van der Waals surface area contributed by atoms with E-state index in [9.17, 15) is 0 Å². The van der Waals surface area contributed by atoms with E-state index in [1.54, 1.807) is 0 Å². The van der Waals surface area contributed by atoms with Gasteiger partial charge in [0.15, 0.2) is 0 Å². The summed E-state index contributed by atoms with van der Waals surface area (Å²) in [5, 5.41) is 0. The zero-order valence-corrected chi connectivity index (χ0v) is 18.8. The molecule has 0 aliphatic heterocycles. The van der Waals surface area contributed by atoms with Crippen LogP contribution in [-0.4, -0.2) is 9.97 Å². The molecule has 0 fully saturated rings. The van der Waals surface area contributed by atoms with E-state index in [0.717, 1.165) is 33.6 Å². The molecule has 2 aromatic heterocycles. The quantitative estimate of drug-likeness (QED) is 0.251. The van der Waals surface area contributed by atoms with E-state index in [4.69, 9.17) is 0 Å². The maximum absolute atomic E-state index is 4.41. The summed E-state index contributed by atoms with van der Waals surface area (Å²) < 4.78 is 0. The first-order valence-corrected chi connectivity index (χ1v) is 11.3. The highest BCUT2D eigenvalue weighted by molar-refractivity contribution is 5.75. The topological polar surface area (TPSA) is 25.8 Å². The van der Waals surface area contributed by atoms with Crippen molar-refractivity contribution in [2.45, 2.75) is 0 Å². The second-order valence-electron chi connectivity index (χ2n) is 8.01. The Hall–Kier alpha value is -4.56. The van der Waals surface area contributed by atoms with Crippen LogP contribution in [0.25, 0.3) is 46.8 Å². The molecule has 0 aliphatic carbocycles. The van der Waals surface area contributed by atoms with Crippen LogP contribution in [0.5, 0.6) is 0 Å². The van der Waals surface area contributed by atoms with Crippen molar-refractivity contribution in [3.05, 3.63) is 144 Å². The van der Waals surface area contributed by atoms with Gasteiger partial charge in [-0.25, -0.2) is 0 Å². The van der Waals surface area contributed by atoms with E-state index in [-0.39, 0.29) is 0 Å². The predicted molar refractivity (Wildman–Crippen MR) is 144 cm³/mol. The molecule has 0 amide bonds. The molecule has 2 heterocycles. The Morgan fingerprint density at radius 2 is 0.824 bits per heavy atom. The van der Waals surface area contributed by atoms with Gasteiger partial charge in [-0.1, -0.05) is 103 Å². The van der Waals surface area contributed by atoms with Gasteiger partial charge in [-0.05, 0) is 52.6 Å². The molecule has 3 aromatic carbocycles. The first-order chi connectivity index (χ1) is 16.8. The second kappa shape index (κ2) is 10.4. The summed E-state index contributed by atoms with van der Waals surface area (Å²) in [5.41, 5.74) is 8.88. The van der Waals surface area contributed by atoms with Crippen molar-refractivity contribution in [3.63, 3.8) is 0 Å². The lowest BCUT2D eigenvalue weighted by Crippen LogP contribution is -1.82. The van der Waals surface area contributed by atoms with E-state index in [1.165, 1.54) is 11.1 Å². The monoisotopic (exact) mass is 436 g/mol. The van der Waals surface area contributed by atoms with Gasteiger partial charge in [0, 0.05) is 23.5 Å². The average molecular weight is 437 g/mol. The van der Waals surface area contributed by atoms with E-state index in [2.05, 4.69) is 107 Å². The van der Waals surface area contributed by atoms with Crippen LogP contribution >= 0.6 is 0 Å². The van der Waals surface area contributed by atoms with Gasteiger partial charge in [0.1, 0.15) is 0 Å². The number of hydrogen-bond donors (Lipinski definition) is 0. The van der Waals surface area contributed by atoms with Gasteiger partial charge in [0.2, 0.25) is 0 Å². The highest BCUT2D eigenvalue weighted by Crippen LogP contribution is 2.20. The fraction of sp³-hybridized carbons (Fsp3) is 0. The molecule has 162 valence electrons. The maximum Gasteiger partial charge on any atom is 0.0701 e. The highest BCUT2D eigenvalue weighted by atomic mass is 14.7. The van der Waals surface area contributed by atoms with Gasteiger partial charge in [-0.2, -0.15) is 0 Å². The van der Waals surface area contributed by atoms with Gasteiger partial charge in [-0.3, -0.25) is 9.97 Å². The van der Waals surface area contributed by atoms with Crippen molar-refractivity contribution >= 4 is 24.3 Å². The van der Waals surface area contributed by atoms with Crippen LogP contribution in [0, 0.1) is 0 Å². The highest BCUT2D eigenvalue weighted by Gasteiger charge is 1.99. The third-order valence-electron chi connectivity index (χ3n) is 5.59. The minimum atomic E-state index is 0.990. The molecular formula is C32H24N2. The van der Waals surface area contributed by atoms with Crippen LogP contribution in [-0.2, 0) is 0 Å². The van der Waals surface area contributed by atoms with Crippen LogP contribution in [0.4, 0.5) is 0 Å². The van der Waals surface area contributed by atoms with Crippen LogP contribution < -0.4 is 0 Å². The summed E-state index contributed by atoms with van der Waals surface area (Å²) in [7, 11) is 0.